The molecule has 0 spiro atoms. The Morgan fingerprint density at radius 2 is 1.80 bits per heavy atom. The van der Waals surface area contributed by atoms with Crippen molar-refractivity contribution < 1.29 is 17.9 Å². The van der Waals surface area contributed by atoms with E-state index in [1.165, 1.54) is 13.0 Å². The third kappa shape index (κ3) is 2.88. The summed E-state index contributed by atoms with van der Waals surface area (Å²) in [5.41, 5.74) is -0.501. The Hall–Kier alpha value is -1.19. The Labute approximate surface area is 86.9 Å². The lowest BCUT2D eigenvalue weighted by Crippen LogP contribution is -2.11. The van der Waals surface area contributed by atoms with Gasteiger partial charge in [0, 0.05) is 5.56 Å². The zero-order valence-corrected chi connectivity index (χ0v) is 8.85. The SMILES string of the molecule is Cc1c(OC(C)C)cccc1C(F)(F)F. The second-order valence-corrected chi connectivity index (χ2v) is 3.59. The summed E-state index contributed by atoms with van der Waals surface area (Å²) in [7, 11) is 0. The monoisotopic (exact) mass is 218 g/mol. The van der Waals surface area contributed by atoms with Crippen molar-refractivity contribution in [3.05, 3.63) is 29.3 Å². The number of rotatable bonds is 2. The Bertz CT molecular complexity index is 342. The van der Waals surface area contributed by atoms with E-state index in [-0.39, 0.29) is 11.7 Å². The molecule has 0 bridgehead atoms. The summed E-state index contributed by atoms with van der Waals surface area (Å²) in [6.45, 7) is 4.97. The van der Waals surface area contributed by atoms with Crippen LogP contribution in [0.25, 0.3) is 0 Å². The molecule has 0 aliphatic carbocycles. The molecular formula is C11H13F3O. The first-order chi connectivity index (χ1) is 6.82. The summed E-state index contributed by atoms with van der Waals surface area (Å²) in [6, 6.07) is 3.96. The van der Waals surface area contributed by atoms with Gasteiger partial charge in [0.05, 0.1) is 11.7 Å². The predicted octanol–water partition coefficient (Wildman–Crippen LogP) is 3.80. The first kappa shape index (κ1) is 11.9. The third-order valence-electron chi connectivity index (χ3n) is 1.95. The highest BCUT2D eigenvalue weighted by atomic mass is 19.4. The molecule has 0 atom stereocenters. The van der Waals surface area contributed by atoms with Crippen LogP contribution in [0.5, 0.6) is 5.75 Å². The fraction of sp³-hybridized carbons (Fsp3) is 0.455. The molecular weight excluding hydrogens is 205 g/mol. The van der Waals surface area contributed by atoms with Gasteiger partial charge in [0.2, 0.25) is 0 Å². The molecule has 1 rings (SSSR count). The summed E-state index contributed by atoms with van der Waals surface area (Å²) in [4.78, 5) is 0. The molecule has 0 aliphatic rings. The molecule has 1 nitrogen and oxygen atoms in total. The maximum atomic E-state index is 12.5. The van der Waals surface area contributed by atoms with Crippen LogP contribution in [0.1, 0.15) is 25.0 Å². The van der Waals surface area contributed by atoms with Crippen molar-refractivity contribution >= 4 is 0 Å². The van der Waals surface area contributed by atoms with Crippen molar-refractivity contribution in [2.75, 3.05) is 0 Å². The third-order valence-corrected chi connectivity index (χ3v) is 1.95. The summed E-state index contributed by atoms with van der Waals surface area (Å²) < 4.78 is 42.8. The Kier molecular flexibility index (Phi) is 3.27. The van der Waals surface area contributed by atoms with Crippen LogP contribution in [-0.2, 0) is 6.18 Å². The fourth-order valence-corrected chi connectivity index (χ4v) is 1.30. The molecule has 15 heavy (non-hydrogen) atoms. The maximum absolute atomic E-state index is 12.5. The van der Waals surface area contributed by atoms with E-state index >= 15 is 0 Å². The molecule has 0 aliphatic heterocycles. The number of benzene rings is 1. The normalized spacial score (nSPS) is 11.9. The minimum absolute atomic E-state index is 0.132. The van der Waals surface area contributed by atoms with E-state index in [0.29, 0.717) is 5.75 Å². The molecule has 0 radical (unpaired) electrons. The van der Waals surface area contributed by atoms with Crippen LogP contribution in [0.2, 0.25) is 0 Å². The van der Waals surface area contributed by atoms with Gasteiger partial charge >= 0.3 is 6.18 Å². The topological polar surface area (TPSA) is 9.23 Å². The lowest BCUT2D eigenvalue weighted by molar-refractivity contribution is -0.138. The van der Waals surface area contributed by atoms with Gasteiger partial charge in [-0.3, -0.25) is 0 Å². The standard InChI is InChI=1S/C11H13F3O/c1-7(2)15-10-6-4-5-9(8(10)3)11(12,13)14/h4-7H,1-3H3. The molecule has 0 amide bonds. The van der Waals surface area contributed by atoms with Gasteiger partial charge in [-0.15, -0.1) is 0 Å². The van der Waals surface area contributed by atoms with E-state index in [1.807, 2.05) is 0 Å². The second-order valence-electron chi connectivity index (χ2n) is 3.59. The molecule has 0 aromatic heterocycles. The Morgan fingerprint density at radius 1 is 1.20 bits per heavy atom. The van der Waals surface area contributed by atoms with Gasteiger partial charge in [-0.1, -0.05) is 6.07 Å². The molecule has 0 fully saturated rings. The molecule has 0 saturated carbocycles. The van der Waals surface area contributed by atoms with Crippen LogP contribution in [-0.4, -0.2) is 6.10 Å². The van der Waals surface area contributed by atoms with E-state index in [0.717, 1.165) is 6.07 Å². The van der Waals surface area contributed by atoms with Crippen LogP contribution in [0, 0.1) is 6.92 Å². The van der Waals surface area contributed by atoms with Gasteiger partial charge in [-0.05, 0) is 32.9 Å². The summed E-state index contributed by atoms with van der Waals surface area (Å²) >= 11 is 0. The minimum Gasteiger partial charge on any atom is -0.491 e. The van der Waals surface area contributed by atoms with Gasteiger partial charge < -0.3 is 4.74 Å². The maximum Gasteiger partial charge on any atom is 0.416 e. The molecule has 0 N–H and O–H groups in total. The smallest absolute Gasteiger partial charge is 0.416 e. The van der Waals surface area contributed by atoms with Crippen LogP contribution in [0.4, 0.5) is 13.2 Å². The van der Waals surface area contributed by atoms with Crippen LogP contribution < -0.4 is 4.74 Å². The molecule has 1 aromatic rings. The van der Waals surface area contributed by atoms with E-state index < -0.39 is 11.7 Å². The van der Waals surface area contributed by atoms with E-state index in [9.17, 15) is 13.2 Å². The highest BCUT2D eigenvalue weighted by molar-refractivity contribution is 5.40. The highest BCUT2D eigenvalue weighted by Gasteiger charge is 2.33. The van der Waals surface area contributed by atoms with Gasteiger partial charge in [0.15, 0.2) is 0 Å². The van der Waals surface area contributed by atoms with Crippen molar-refractivity contribution in [3.63, 3.8) is 0 Å². The Morgan fingerprint density at radius 3 is 2.27 bits per heavy atom. The van der Waals surface area contributed by atoms with Crippen molar-refractivity contribution in [1.82, 2.24) is 0 Å². The number of hydrogen-bond donors (Lipinski definition) is 0. The van der Waals surface area contributed by atoms with Crippen LogP contribution in [0.3, 0.4) is 0 Å². The number of halogens is 3. The molecule has 0 unspecified atom stereocenters. The number of ether oxygens (including phenoxy) is 1. The van der Waals surface area contributed by atoms with Gasteiger partial charge in [-0.2, -0.15) is 13.2 Å². The lowest BCUT2D eigenvalue weighted by atomic mass is 10.1. The summed E-state index contributed by atoms with van der Waals surface area (Å²) in [6.07, 6.45) is -4.45. The van der Waals surface area contributed by atoms with E-state index in [2.05, 4.69) is 0 Å². The summed E-state index contributed by atoms with van der Waals surface area (Å²) in [5.74, 6) is 0.292. The molecule has 0 heterocycles. The van der Waals surface area contributed by atoms with E-state index in [4.69, 9.17) is 4.74 Å². The Balaban J connectivity index is 3.12. The molecule has 84 valence electrons. The second kappa shape index (κ2) is 4.13. The zero-order valence-electron chi connectivity index (χ0n) is 8.85. The quantitative estimate of drug-likeness (QED) is 0.733. The largest absolute Gasteiger partial charge is 0.491 e. The minimum atomic E-state index is -4.32. The van der Waals surface area contributed by atoms with Gasteiger partial charge in [0.1, 0.15) is 5.75 Å². The first-order valence-corrected chi connectivity index (χ1v) is 4.66. The van der Waals surface area contributed by atoms with Crippen molar-refractivity contribution in [1.29, 1.82) is 0 Å². The van der Waals surface area contributed by atoms with Gasteiger partial charge in [0.25, 0.3) is 0 Å². The highest BCUT2D eigenvalue weighted by Crippen LogP contribution is 2.35. The van der Waals surface area contributed by atoms with E-state index in [1.54, 1.807) is 19.9 Å². The van der Waals surface area contributed by atoms with Crippen LogP contribution in [0.15, 0.2) is 18.2 Å². The van der Waals surface area contributed by atoms with Crippen LogP contribution >= 0.6 is 0 Å². The van der Waals surface area contributed by atoms with Gasteiger partial charge in [-0.25, -0.2) is 0 Å². The van der Waals surface area contributed by atoms with Crippen molar-refractivity contribution in [3.8, 4) is 5.75 Å². The molecule has 4 heteroatoms. The molecule has 0 saturated heterocycles. The average Bonchev–Trinajstić information content (AvgIpc) is 2.05. The van der Waals surface area contributed by atoms with Crippen molar-refractivity contribution in [2.24, 2.45) is 0 Å². The zero-order chi connectivity index (χ0) is 11.6. The first-order valence-electron chi connectivity index (χ1n) is 4.66. The average molecular weight is 218 g/mol. The number of alkyl halides is 3. The van der Waals surface area contributed by atoms with Crippen molar-refractivity contribution in [2.45, 2.75) is 33.1 Å². The summed E-state index contributed by atoms with van der Waals surface area (Å²) in [5, 5.41) is 0. The fourth-order valence-electron chi connectivity index (χ4n) is 1.30. The lowest BCUT2D eigenvalue weighted by Gasteiger charge is -2.16. The predicted molar refractivity (Wildman–Crippen MR) is 51.9 cm³/mol. The number of hydrogen-bond acceptors (Lipinski definition) is 1. The molecule has 1 aromatic carbocycles.